The zero-order valence-electron chi connectivity index (χ0n) is 13.3. The topological polar surface area (TPSA) is 63.7 Å². The highest BCUT2D eigenvalue weighted by atomic mass is 32.2. The van der Waals surface area contributed by atoms with Crippen LogP contribution >= 0.6 is 0 Å². The zero-order valence-corrected chi connectivity index (χ0v) is 14.1. The first-order valence-electron chi connectivity index (χ1n) is 7.59. The van der Waals surface area contributed by atoms with E-state index in [2.05, 4.69) is 0 Å². The van der Waals surface area contributed by atoms with Crippen molar-refractivity contribution >= 4 is 15.8 Å². The van der Waals surface area contributed by atoms with Gasteiger partial charge in [0.25, 0.3) is 0 Å². The maximum atomic E-state index is 12.7. The van der Waals surface area contributed by atoms with Crippen LogP contribution in [0.15, 0.2) is 18.2 Å². The van der Waals surface area contributed by atoms with Gasteiger partial charge in [-0.3, -0.25) is 4.79 Å². The van der Waals surface area contributed by atoms with Crippen LogP contribution < -0.4 is 4.74 Å². The second-order valence-corrected chi connectivity index (χ2v) is 7.67. The van der Waals surface area contributed by atoms with Gasteiger partial charge in [0.2, 0.25) is 10.0 Å². The van der Waals surface area contributed by atoms with Crippen LogP contribution in [0, 0.1) is 6.92 Å². The number of methoxy groups -OCH3 is 1. The van der Waals surface area contributed by atoms with Gasteiger partial charge in [-0.1, -0.05) is 6.92 Å². The average Bonchev–Trinajstić information content (AvgIpc) is 2.96. The molecule has 0 saturated carbocycles. The van der Waals surface area contributed by atoms with Crippen LogP contribution in [-0.2, 0) is 10.0 Å². The monoisotopic (exact) mass is 325 g/mol. The van der Waals surface area contributed by atoms with E-state index in [4.69, 9.17) is 4.74 Å². The van der Waals surface area contributed by atoms with Gasteiger partial charge < -0.3 is 4.74 Å². The molecule has 122 valence electrons. The van der Waals surface area contributed by atoms with Crippen molar-refractivity contribution < 1.29 is 17.9 Å². The van der Waals surface area contributed by atoms with Crippen molar-refractivity contribution in [2.24, 2.45) is 0 Å². The molecule has 1 aliphatic rings. The van der Waals surface area contributed by atoms with Gasteiger partial charge in [-0.15, -0.1) is 0 Å². The molecule has 1 aliphatic heterocycles. The Balaban J connectivity index is 2.26. The average molecular weight is 325 g/mol. The molecule has 5 nitrogen and oxygen atoms in total. The summed E-state index contributed by atoms with van der Waals surface area (Å²) < 4.78 is 31.2. The number of benzene rings is 1. The standard InChI is InChI=1S/C16H23NO4S/c1-4-10-22(19,20)17-9-5-6-14(17)16(18)13-7-8-15(21-3)12(2)11-13/h7-8,11,14H,4-6,9-10H2,1-3H3. The van der Waals surface area contributed by atoms with E-state index in [1.807, 2.05) is 13.8 Å². The summed E-state index contributed by atoms with van der Waals surface area (Å²) >= 11 is 0. The Bertz CT molecular complexity index is 654. The third-order valence-corrected chi connectivity index (χ3v) is 6.08. The molecule has 22 heavy (non-hydrogen) atoms. The minimum atomic E-state index is -3.35. The number of nitrogens with zero attached hydrogens (tertiary/aromatic N) is 1. The van der Waals surface area contributed by atoms with Crippen LogP contribution in [0.2, 0.25) is 0 Å². The number of rotatable bonds is 6. The van der Waals surface area contributed by atoms with Gasteiger partial charge in [-0.05, 0) is 49.9 Å². The van der Waals surface area contributed by atoms with Gasteiger partial charge in [0, 0.05) is 12.1 Å². The number of sulfonamides is 1. The Labute approximate surface area is 132 Å². The van der Waals surface area contributed by atoms with Gasteiger partial charge in [0.05, 0.1) is 18.9 Å². The molecule has 0 bridgehead atoms. The Kier molecular flexibility index (Phi) is 5.24. The van der Waals surface area contributed by atoms with Gasteiger partial charge in [-0.25, -0.2) is 8.42 Å². The number of hydrogen-bond acceptors (Lipinski definition) is 4. The molecule has 2 rings (SSSR count). The fourth-order valence-corrected chi connectivity index (χ4v) is 4.68. The van der Waals surface area contributed by atoms with E-state index in [9.17, 15) is 13.2 Å². The molecule has 0 N–H and O–H groups in total. The van der Waals surface area contributed by atoms with Crippen molar-refractivity contribution in [2.45, 2.75) is 39.2 Å². The van der Waals surface area contributed by atoms with Crippen molar-refractivity contribution in [3.8, 4) is 5.75 Å². The molecule has 0 spiro atoms. The molecule has 1 unspecified atom stereocenters. The number of ketones is 1. The molecular weight excluding hydrogens is 302 g/mol. The summed E-state index contributed by atoms with van der Waals surface area (Å²) in [7, 11) is -1.76. The lowest BCUT2D eigenvalue weighted by Crippen LogP contribution is -2.41. The van der Waals surface area contributed by atoms with Crippen molar-refractivity contribution in [3.05, 3.63) is 29.3 Å². The first-order chi connectivity index (χ1) is 10.4. The Hall–Kier alpha value is -1.40. The van der Waals surface area contributed by atoms with E-state index in [1.165, 1.54) is 4.31 Å². The molecule has 0 amide bonds. The minimum absolute atomic E-state index is 0.0957. The number of carbonyl (C=O) groups is 1. The summed E-state index contributed by atoms with van der Waals surface area (Å²) in [5.74, 6) is 0.694. The van der Waals surface area contributed by atoms with Crippen LogP contribution in [0.25, 0.3) is 0 Å². The van der Waals surface area contributed by atoms with E-state index >= 15 is 0 Å². The number of aryl methyl sites for hydroxylation is 1. The fourth-order valence-electron chi connectivity index (χ4n) is 2.93. The van der Waals surface area contributed by atoms with Crippen LogP contribution in [-0.4, -0.2) is 44.0 Å². The van der Waals surface area contributed by atoms with Crippen molar-refractivity contribution in [2.75, 3.05) is 19.4 Å². The summed E-state index contributed by atoms with van der Waals surface area (Å²) in [6.45, 7) is 4.14. The van der Waals surface area contributed by atoms with E-state index < -0.39 is 16.1 Å². The lowest BCUT2D eigenvalue weighted by Gasteiger charge is -2.23. The Morgan fingerprint density at radius 3 is 2.73 bits per heavy atom. The number of Topliss-reactive ketones (excluding diaryl/α,β-unsaturated/α-hetero) is 1. The van der Waals surface area contributed by atoms with E-state index in [-0.39, 0.29) is 11.5 Å². The maximum Gasteiger partial charge on any atom is 0.214 e. The number of carbonyl (C=O) groups excluding carboxylic acids is 1. The molecule has 0 radical (unpaired) electrons. The lowest BCUT2D eigenvalue weighted by atomic mass is 10.0. The molecule has 1 aromatic carbocycles. The Morgan fingerprint density at radius 1 is 1.41 bits per heavy atom. The van der Waals surface area contributed by atoms with Gasteiger partial charge in [-0.2, -0.15) is 4.31 Å². The number of ether oxygens (including phenoxy) is 1. The highest BCUT2D eigenvalue weighted by molar-refractivity contribution is 7.89. The van der Waals surface area contributed by atoms with Crippen LogP contribution in [0.5, 0.6) is 5.75 Å². The molecule has 6 heteroatoms. The van der Waals surface area contributed by atoms with Gasteiger partial charge in [0.1, 0.15) is 5.75 Å². The normalized spacial score (nSPS) is 19.3. The summed E-state index contributed by atoms with van der Waals surface area (Å²) in [5.41, 5.74) is 1.41. The fraction of sp³-hybridized carbons (Fsp3) is 0.562. The molecule has 1 saturated heterocycles. The van der Waals surface area contributed by atoms with Crippen molar-refractivity contribution in [1.82, 2.24) is 4.31 Å². The summed E-state index contributed by atoms with van der Waals surface area (Å²) in [6, 6.07) is 4.66. The van der Waals surface area contributed by atoms with E-state index in [0.717, 1.165) is 17.7 Å². The molecule has 1 fully saturated rings. The third-order valence-electron chi connectivity index (χ3n) is 4.01. The second-order valence-electron chi connectivity index (χ2n) is 5.63. The first kappa shape index (κ1) is 17.0. The van der Waals surface area contributed by atoms with Gasteiger partial charge in [0.15, 0.2) is 5.78 Å². The summed E-state index contributed by atoms with van der Waals surface area (Å²) in [6.07, 6.45) is 1.88. The highest BCUT2D eigenvalue weighted by Gasteiger charge is 2.38. The lowest BCUT2D eigenvalue weighted by molar-refractivity contribution is 0.0918. The number of hydrogen-bond donors (Lipinski definition) is 0. The quantitative estimate of drug-likeness (QED) is 0.753. The minimum Gasteiger partial charge on any atom is -0.496 e. The smallest absolute Gasteiger partial charge is 0.214 e. The predicted molar refractivity (Wildman–Crippen MR) is 85.9 cm³/mol. The second kappa shape index (κ2) is 6.79. The first-order valence-corrected chi connectivity index (χ1v) is 9.20. The zero-order chi connectivity index (χ0) is 16.3. The largest absolute Gasteiger partial charge is 0.496 e. The molecule has 0 aliphatic carbocycles. The van der Waals surface area contributed by atoms with E-state index in [1.54, 1.807) is 25.3 Å². The Morgan fingerprint density at radius 2 is 2.14 bits per heavy atom. The highest BCUT2D eigenvalue weighted by Crippen LogP contribution is 2.27. The molecule has 1 heterocycles. The van der Waals surface area contributed by atoms with Crippen LogP contribution in [0.1, 0.15) is 42.1 Å². The predicted octanol–water partition coefficient (Wildman–Crippen LogP) is 2.39. The third kappa shape index (κ3) is 3.33. The van der Waals surface area contributed by atoms with Crippen molar-refractivity contribution in [3.63, 3.8) is 0 Å². The van der Waals surface area contributed by atoms with Crippen molar-refractivity contribution in [1.29, 1.82) is 0 Å². The van der Waals surface area contributed by atoms with E-state index in [0.29, 0.717) is 24.9 Å². The van der Waals surface area contributed by atoms with Crippen LogP contribution in [0.4, 0.5) is 0 Å². The SMILES string of the molecule is CCCS(=O)(=O)N1CCCC1C(=O)c1ccc(OC)c(C)c1. The maximum absolute atomic E-state index is 12.7. The van der Waals surface area contributed by atoms with Gasteiger partial charge >= 0.3 is 0 Å². The summed E-state index contributed by atoms with van der Waals surface area (Å²) in [5, 5.41) is 0. The molecule has 0 aromatic heterocycles. The molecular formula is C16H23NO4S. The molecule has 1 aromatic rings. The summed E-state index contributed by atoms with van der Waals surface area (Å²) in [4.78, 5) is 12.7. The molecule has 1 atom stereocenters. The van der Waals surface area contributed by atoms with Crippen LogP contribution in [0.3, 0.4) is 0 Å².